The SMILES string of the molecule is [CH3-].[CH3-].[Cl][Ti]([Cl])([Cl])[Cl].[Zn]. The molecule has 0 bridgehead atoms. The molecule has 0 aromatic rings. The molecule has 50 valence electrons. The summed E-state index contributed by atoms with van der Waals surface area (Å²) in [7, 11) is 20.1. The zero-order chi connectivity index (χ0) is 4.50. The fourth-order valence-electron chi connectivity index (χ4n) is 0. The predicted octanol–water partition coefficient (Wildman–Crippen LogP) is 3.65. The van der Waals surface area contributed by atoms with Gasteiger partial charge in [0.2, 0.25) is 0 Å². The van der Waals surface area contributed by atoms with Crippen LogP contribution >= 0.6 is 37.2 Å². The van der Waals surface area contributed by atoms with E-state index in [1.807, 2.05) is 0 Å². The van der Waals surface area contributed by atoms with Crippen LogP contribution in [0, 0.1) is 14.9 Å². The molecule has 0 N–H and O–H groups in total. The standard InChI is InChI=1S/2CH3.4ClH.Ti.Zn/h2*1H3;4*1H;;/q2*-1;;;;;+4;/p-4. The Balaban J connectivity index is -0.0000000267. The van der Waals surface area contributed by atoms with Crippen LogP contribution in [0.1, 0.15) is 0 Å². The van der Waals surface area contributed by atoms with E-state index < -0.39 is 12.3 Å². The van der Waals surface area contributed by atoms with Crippen molar-refractivity contribution in [3.63, 3.8) is 0 Å². The quantitative estimate of drug-likeness (QED) is 0.471. The van der Waals surface area contributed by atoms with E-state index in [1.54, 1.807) is 0 Å². The Morgan fingerprint density at radius 3 is 0.750 bits per heavy atom. The van der Waals surface area contributed by atoms with Crippen LogP contribution < -0.4 is 0 Å². The van der Waals surface area contributed by atoms with Gasteiger partial charge in [0, 0.05) is 19.5 Å². The van der Waals surface area contributed by atoms with Gasteiger partial charge in [-0.05, 0) is 0 Å². The minimum atomic E-state index is -3.11. The van der Waals surface area contributed by atoms with E-state index in [4.69, 9.17) is 37.2 Å². The molecule has 0 aliphatic heterocycles. The normalized spacial score (nSPS) is 7.50. The molecule has 0 unspecified atom stereocenters. The maximum atomic E-state index is 5.01. The van der Waals surface area contributed by atoms with Gasteiger partial charge in [-0.2, -0.15) is 0 Å². The Labute approximate surface area is 82.8 Å². The van der Waals surface area contributed by atoms with Gasteiger partial charge in [0.1, 0.15) is 0 Å². The molecule has 0 aliphatic carbocycles. The van der Waals surface area contributed by atoms with E-state index in [0.717, 1.165) is 0 Å². The van der Waals surface area contributed by atoms with Crippen molar-refractivity contribution < 1.29 is 31.8 Å². The molecule has 0 rings (SSSR count). The summed E-state index contributed by atoms with van der Waals surface area (Å²) in [6, 6.07) is 0. The van der Waals surface area contributed by atoms with Crippen LogP contribution in [0.4, 0.5) is 0 Å². The Hall–Kier alpha value is 2.50. The molecular formula is C2H6Cl4TiZn-2. The number of halogens is 4. The third kappa shape index (κ3) is 76.6. The molecule has 0 nitrogen and oxygen atoms in total. The van der Waals surface area contributed by atoms with Gasteiger partial charge in [-0.15, -0.1) is 0 Å². The molecule has 6 heteroatoms. The van der Waals surface area contributed by atoms with Crippen LogP contribution in [0.5, 0.6) is 0 Å². The van der Waals surface area contributed by atoms with E-state index in [1.165, 1.54) is 0 Å². The van der Waals surface area contributed by atoms with Gasteiger partial charge in [-0.1, -0.05) is 0 Å². The molecule has 8 heavy (non-hydrogen) atoms. The summed E-state index contributed by atoms with van der Waals surface area (Å²) in [4.78, 5) is 0. The zero-order valence-electron chi connectivity index (χ0n) is 4.72. The average molecular weight is 285 g/mol. The summed E-state index contributed by atoms with van der Waals surface area (Å²) in [5, 5.41) is 0. The average Bonchev–Trinajstić information content (AvgIpc) is 0.722. The van der Waals surface area contributed by atoms with E-state index in [-0.39, 0.29) is 34.3 Å². The molecular weight excluding hydrogens is 279 g/mol. The maximum Gasteiger partial charge on any atom is 0 e. The van der Waals surface area contributed by atoms with Crippen molar-refractivity contribution in [2.75, 3.05) is 0 Å². The molecule has 0 saturated heterocycles. The minimum absolute atomic E-state index is 0. The largest absolute Gasteiger partial charge is 0 e. The fraction of sp³-hybridized carbons (Fsp3) is 0. The molecule has 0 saturated carbocycles. The molecule has 0 atom stereocenters. The number of hydrogen-bond acceptors (Lipinski definition) is 0. The van der Waals surface area contributed by atoms with Gasteiger partial charge in [0.05, 0.1) is 0 Å². The van der Waals surface area contributed by atoms with Crippen LogP contribution in [0.25, 0.3) is 0 Å². The van der Waals surface area contributed by atoms with Gasteiger partial charge in [-0.3, -0.25) is 0 Å². The maximum absolute atomic E-state index is 5.01. The van der Waals surface area contributed by atoms with Crippen molar-refractivity contribution in [3.05, 3.63) is 14.9 Å². The smallest absolute Gasteiger partial charge is 0 e. The van der Waals surface area contributed by atoms with Crippen LogP contribution in [-0.4, -0.2) is 0 Å². The Morgan fingerprint density at radius 2 is 0.750 bits per heavy atom. The zero-order valence-corrected chi connectivity index (χ0v) is 12.3. The predicted molar refractivity (Wildman–Crippen MR) is 36.2 cm³/mol. The first-order valence-corrected chi connectivity index (χ1v) is 9.35. The van der Waals surface area contributed by atoms with Crippen molar-refractivity contribution in [2.45, 2.75) is 0 Å². The van der Waals surface area contributed by atoms with E-state index >= 15 is 0 Å². The number of rotatable bonds is 0. The molecule has 0 aliphatic rings. The van der Waals surface area contributed by atoms with Gasteiger partial charge >= 0.3 is 49.6 Å². The molecule has 0 amide bonds. The van der Waals surface area contributed by atoms with Gasteiger partial charge in [0.25, 0.3) is 0 Å². The summed E-state index contributed by atoms with van der Waals surface area (Å²) in [5.41, 5.74) is 0. The second kappa shape index (κ2) is 9.50. The summed E-state index contributed by atoms with van der Waals surface area (Å²) in [6.45, 7) is 0. The van der Waals surface area contributed by atoms with Crippen LogP contribution in [0.15, 0.2) is 0 Å². The second-order valence-corrected chi connectivity index (χ2v) is 15.9. The summed E-state index contributed by atoms with van der Waals surface area (Å²) in [5.74, 6) is 0. The van der Waals surface area contributed by atoms with Gasteiger partial charge < -0.3 is 14.9 Å². The van der Waals surface area contributed by atoms with E-state index in [9.17, 15) is 0 Å². The fourth-order valence-corrected chi connectivity index (χ4v) is 0. The van der Waals surface area contributed by atoms with Crippen LogP contribution in [-0.2, 0) is 31.8 Å². The van der Waals surface area contributed by atoms with E-state index in [2.05, 4.69) is 0 Å². The topological polar surface area (TPSA) is 0 Å². The monoisotopic (exact) mass is 282 g/mol. The third-order valence-electron chi connectivity index (χ3n) is 0. The first-order valence-electron chi connectivity index (χ1n) is 0.756. The van der Waals surface area contributed by atoms with Crippen LogP contribution in [0.3, 0.4) is 0 Å². The summed E-state index contributed by atoms with van der Waals surface area (Å²) >= 11 is -3.11. The molecule has 0 spiro atoms. The molecule has 0 aromatic carbocycles. The Morgan fingerprint density at radius 1 is 0.750 bits per heavy atom. The summed E-state index contributed by atoms with van der Waals surface area (Å²) < 4.78 is 0. The molecule has 0 aromatic heterocycles. The Bertz CT molecular complexity index is 29.5. The van der Waals surface area contributed by atoms with E-state index in [0.29, 0.717) is 0 Å². The van der Waals surface area contributed by atoms with Crippen molar-refractivity contribution in [1.82, 2.24) is 0 Å². The molecule has 0 radical (unpaired) electrons. The first kappa shape index (κ1) is 22.4. The van der Waals surface area contributed by atoms with Crippen molar-refractivity contribution in [1.29, 1.82) is 0 Å². The minimum Gasteiger partial charge on any atom is 0 e. The van der Waals surface area contributed by atoms with Gasteiger partial charge in [-0.25, -0.2) is 0 Å². The summed E-state index contributed by atoms with van der Waals surface area (Å²) in [6.07, 6.45) is 0. The molecule has 0 fully saturated rings. The van der Waals surface area contributed by atoms with Gasteiger partial charge in [0.15, 0.2) is 0 Å². The van der Waals surface area contributed by atoms with Crippen molar-refractivity contribution in [2.24, 2.45) is 0 Å². The Kier molecular flexibility index (Phi) is 26.6. The first-order chi connectivity index (χ1) is 2.00. The third-order valence-corrected chi connectivity index (χ3v) is 0. The molecule has 0 heterocycles. The van der Waals surface area contributed by atoms with Crippen LogP contribution in [0.2, 0.25) is 0 Å². The van der Waals surface area contributed by atoms with Crippen molar-refractivity contribution in [3.8, 4) is 0 Å². The number of hydrogen-bond donors (Lipinski definition) is 0. The second-order valence-electron chi connectivity index (χ2n) is 0.429. The van der Waals surface area contributed by atoms with Crippen molar-refractivity contribution >= 4 is 37.2 Å².